The highest BCUT2D eigenvalue weighted by atomic mass is 35.5. The van der Waals surface area contributed by atoms with Crippen molar-refractivity contribution in [1.82, 2.24) is 0 Å². The maximum absolute atomic E-state index is 9.51. The molecule has 0 heterocycles. The van der Waals surface area contributed by atoms with E-state index in [4.69, 9.17) is 17.3 Å². The molecule has 0 atom stereocenters. The number of aromatic hydroxyl groups is 1. The molecule has 2 nitrogen and oxygen atoms in total. The SMILES string of the molecule is NCC1(c2cc(O)ccc2Cl)CCCC1. The van der Waals surface area contributed by atoms with Crippen LogP contribution in [0.4, 0.5) is 0 Å². The number of hydrogen-bond donors (Lipinski definition) is 2. The van der Waals surface area contributed by atoms with Gasteiger partial charge in [0.25, 0.3) is 0 Å². The lowest BCUT2D eigenvalue weighted by Gasteiger charge is -2.28. The van der Waals surface area contributed by atoms with Crippen molar-refractivity contribution in [3.05, 3.63) is 28.8 Å². The second-order valence-electron chi connectivity index (χ2n) is 4.36. The Labute approximate surface area is 95.1 Å². The fourth-order valence-electron chi connectivity index (χ4n) is 2.55. The number of hydrogen-bond acceptors (Lipinski definition) is 2. The average molecular weight is 226 g/mol. The molecule has 0 aromatic heterocycles. The molecule has 0 unspecified atom stereocenters. The summed E-state index contributed by atoms with van der Waals surface area (Å²) in [7, 11) is 0. The largest absolute Gasteiger partial charge is 0.508 e. The van der Waals surface area contributed by atoms with Gasteiger partial charge < -0.3 is 10.8 Å². The Morgan fingerprint density at radius 2 is 2.00 bits per heavy atom. The predicted molar refractivity (Wildman–Crippen MR) is 62.3 cm³/mol. The van der Waals surface area contributed by atoms with Gasteiger partial charge in [-0.2, -0.15) is 0 Å². The van der Waals surface area contributed by atoms with E-state index in [1.54, 1.807) is 18.2 Å². The summed E-state index contributed by atoms with van der Waals surface area (Å²) in [6.07, 6.45) is 4.55. The van der Waals surface area contributed by atoms with Crippen molar-refractivity contribution >= 4 is 11.6 Å². The van der Waals surface area contributed by atoms with E-state index in [0.29, 0.717) is 6.54 Å². The van der Waals surface area contributed by atoms with Gasteiger partial charge in [-0.05, 0) is 36.6 Å². The third kappa shape index (κ3) is 1.84. The van der Waals surface area contributed by atoms with Gasteiger partial charge in [-0.15, -0.1) is 0 Å². The summed E-state index contributed by atoms with van der Waals surface area (Å²) in [6, 6.07) is 5.13. The highest BCUT2D eigenvalue weighted by Gasteiger charge is 2.35. The first-order chi connectivity index (χ1) is 7.18. The summed E-state index contributed by atoms with van der Waals surface area (Å²) < 4.78 is 0. The minimum atomic E-state index is -0.00414. The number of benzene rings is 1. The van der Waals surface area contributed by atoms with Gasteiger partial charge in [0.2, 0.25) is 0 Å². The Kier molecular flexibility index (Phi) is 2.89. The zero-order chi connectivity index (χ0) is 10.9. The van der Waals surface area contributed by atoms with E-state index in [1.165, 1.54) is 12.8 Å². The van der Waals surface area contributed by atoms with E-state index in [-0.39, 0.29) is 11.2 Å². The molecular formula is C12H16ClNO. The smallest absolute Gasteiger partial charge is 0.115 e. The second kappa shape index (κ2) is 4.03. The van der Waals surface area contributed by atoms with Gasteiger partial charge in [-0.3, -0.25) is 0 Å². The van der Waals surface area contributed by atoms with Crippen molar-refractivity contribution in [3.63, 3.8) is 0 Å². The number of halogens is 1. The molecule has 1 aliphatic rings. The van der Waals surface area contributed by atoms with Gasteiger partial charge in [0.05, 0.1) is 0 Å². The van der Waals surface area contributed by atoms with Crippen LogP contribution in [0.5, 0.6) is 5.75 Å². The lowest BCUT2D eigenvalue weighted by Crippen LogP contribution is -2.32. The van der Waals surface area contributed by atoms with Crippen LogP contribution < -0.4 is 5.73 Å². The standard InChI is InChI=1S/C12H16ClNO/c13-11-4-3-9(15)7-10(11)12(8-14)5-1-2-6-12/h3-4,7,15H,1-2,5-6,8,14H2. The molecule has 1 aromatic rings. The minimum Gasteiger partial charge on any atom is -0.508 e. The van der Waals surface area contributed by atoms with Gasteiger partial charge in [-0.25, -0.2) is 0 Å². The Hall–Kier alpha value is -0.730. The molecule has 1 aliphatic carbocycles. The van der Waals surface area contributed by atoms with Crippen LogP contribution in [0.25, 0.3) is 0 Å². The number of rotatable bonds is 2. The van der Waals surface area contributed by atoms with Gasteiger partial charge >= 0.3 is 0 Å². The first-order valence-corrected chi connectivity index (χ1v) is 5.75. The lowest BCUT2D eigenvalue weighted by molar-refractivity contribution is 0.441. The minimum absolute atomic E-state index is 0.00414. The molecule has 15 heavy (non-hydrogen) atoms. The van der Waals surface area contributed by atoms with E-state index < -0.39 is 0 Å². The van der Waals surface area contributed by atoms with Crippen LogP contribution >= 0.6 is 11.6 Å². The monoisotopic (exact) mass is 225 g/mol. The number of nitrogens with two attached hydrogens (primary N) is 1. The third-order valence-corrected chi connectivity index (χ3v) is 3.80. The molecule has 2 rings (SSSR count). The average Bonchev–Trinajstić information content (AvgIpc) is 2.71. The summed E-state index contributed by atoms with van der Waals surface area (Å²) in [6.45, 7) is 0.607. The number of phenolic OH excluding ortho intramolecular Hbond substituents is 1. The molecule has 0 spiro atoms. The summed E-state index contributed by atoms with van der Waals surface area (Å²) >= 11 is 6.18. The van der Waals surface area contributed by atoms with Crippen molar-refractivity contribution in [1.29, 1.82) is 0 Å². The number of phenols is 1. The van der Waals surface area contributed by atoms with Gasteiger partial charge in [0.1, 0.15) is 5.75 Å². The molecule has 1 aromatic carbocycles. The van der Waals surface area contributed by atoms with E-state index in [9.17, 15) is 5.11 Å². The Balaban J connectivity index is 2.46. The lowest BCUT2D eigenvalue weighted by atomic mass is 9.79. The quantitative estimate of drug-likeness (QED) is 0.813. The van der Waals surface area contributed by atoms with Crippen LogP contribution in [-0.4, -0.2) is 11.7 Å². The third-order valence-electron chi connectivity index (χ3n) is 3.47. The summed E-state index contributed by atoms with van der Waals surface area (Å²) in [5.41, 5.74) is 6.89. The van der Waals surface area contributed by atoms with Crippen LogP contribution in [0.2, 0.25) is 5.02 Å². The molecule has 0 bridgehead atoms. The summed E-state index contributed by atoms with van der Waals surface area (Å²) in [5, 5.41) is 10.2. The molecule has 1 saturated carbocycles. The highest BCUT2D eigenvalue weighted by Crippen LogP contribution is 2.43. The van der Waals surface area contributed by atoms with Gasteiger partial charge in [0.15, 0.2) is 0 Å². The fraction of sp³-hybridized carbons (Fsp3) is 0.500. The van der Waals surface area contributed by atoms with Crippen LogP contribution in [0.1, 0.15) is 31.2 Å². The predicted octanol–water partition coefficient (Wildman–Crippen LogP) is 2.82. The normalized spacial score (nSPS) is 19.3. The van der Waals surface area contributed by atoms with Crippen LogP contribution in [0.3, 0.4) is 0 Å². The maximum atomic E-state index is 9.51. The molecule has 0 aliphatic heterocycles. The first-order valence-electron chi connectivity index (χ1n) is 5.37. The molecular weight excluding hydrogens is 210 g/mol. The van der Waals surface area contributed by atoms with E-state index in [0.717, 1.165) is 23.4 Å². The summed E-state index contributed by atoms with van der Waals surface area (Å²) in [4.78, 5) is 0. The van der Waals surface area contributed by atoms with Crippen molar-refractivity contribution in [3.8, 4) is 5.75 Å². The van der Waals surface area contributed by atoms with Crippen LogP contribution in [-0.2, 0) is 5.41 Å². The first kappa shape index (κ1) is 10.8. The van der Waals surface area contributed by atoms with E-state index >= 15 is 0 Å². The fourth-order valence-corrected chi connectivity index (χ4v) is 2.87. The molecule has 0 amide bonds. The molecule has 3 heteroatoms. The van der Waals surface area contributed by atoms with Gasteiger partial charge in [-0.1, -0.05) is 24.4 Å². The molecule has 0 radical (unpaired) electrons. The molecule has 0 saturated heterocycles. The Bertz CT molecular complexity index is 359. The van der Waals surface area contributed by atoms with E-state index in [2.05, 4.69) is 0 Å². The topological polar surface area (TPSA) is 46.2 Å². The van der Waals surface area contributed by atoms with Crippen LogP contribution in [0.15, 0.2) is 18.2 Å². The second-order valence-corrected chi connectivity index (χ2v) is 4.76. The van der Waals surface area contributed by atoms with E-state index in [1.807, 2.05) is 0 Å². The summed E-state index contributed by atoms with van der Waals surface area (Å²) in [5.74, 6) is 0.272. The van der Waals surface area contributed by atoms with Crippen molar-refractivity contribution < 1.29 is 5.11 Å². The molecule has 1 fully saturated rings. The molecule has 82 valence electrons. The zero-order valence-electron chi connectivity index (χ0n) is 8.67. The highest BCUT2D eigenvalue weighted by molar-refractivity contribution is 6.31. The zero-order valence-corrected chi connectivity index (χ0v) is 9.43. The van der Waals surface area contributed by atoms with Crippen molar-refractivity contribution in [2.24, 2.45) is 5.73 Å². The van der Waals surface area contributed by atoms with Crippen molar-refractivity contribution in [2.75, 3.05) is 6.54 Å². The van der Waals surface area contributed by atoms with Crippen LogP contribution in [0, 0.1) is 0 Å². The van der Waals surface area contributed by atoms with Crippen molar-refractivity contribution in [2.45, 2.75) is 31.1 Å². The van der Waals surface area contributed by atoms with Gasteiger partial charge in [0, 0.05) is 17.0 Å². The molecule has 3 N–H and O–H groups in total. The Morgan fingerprint density at radius 1 is 1.33 bits per heavy atom. The maximum Gasteiger partial charge on any atom is 0.115 e. The Morgan fingerprint density at radius 3 is 2.60 bits per heavy atom.